The molecule has 316 valence electrons. The molecule has 14 heteroatoms. The molecule has 0 saturated heterocycles. The Bertz CT molecular complexity index is 1790. The van der Waals surface area contributed by atoms with Crippen LogP contribution in [0.25, 0.3) is 6.08 Å². The molecule has 0 spiro atoms. The smallest absolute Gasteiger partial charge is 0.405 e. The lowest BCUT2D eigenvalue weighted by Crippen LogP contribution is -2.38. The summed E-state index contributed by atoms with van der Waals surface area (Å²) < 4.78 is 21.9. The zero-order chi connectivity index (χ0) is 42.8. The number of allylic oxidation sites excluding steroid dienone is 4. The molecule has 0 saturated carbocycles. The van der Waals surface area contributed by atoms with E-state index in [2.05, 4.69) is 16.0 Å². The molecule has 1 heterocycles. The summed E-state index contributed by atoms with van der Waals surface area (Å²) in [6.07, 6.45) is 10.0. The van der Waals surface area contributed by atoms with Crippen LogP contribution in [0.1, 0.15) is 71.8 Å². The highest BCUT2D eigenvalue weighted by Gasteiger charge is 2.33. The van der Waals surface area contributed by atoms with Crippen LogP contribution < -0.4 is 26.4 Å². The molecule has 3 rings (SSSR count). The molecule has 0 fully saturated rings. The highest BCUT2D eigenvalue weighted by atomic mass is 16.6. The first-order valence-electron chi connectivity index (χ1n) is 19.6. The fourth-order valence-electron chi connectivity index (χ4n) is 6.75. The molecular formula is C44H60N4O10. The van der Waals surface area contributed by atoms with Gasteiger partial charge in [-0.25, -0.2) is 4.79 Å². The molecule has 1 aromatic rings. The van der Waals surface area contributed by atoms with E-state index in [1.165, 1.54) is 26.4 Å². The maximum Gasteiger partial charge on any atom is 0.405 e. The number of nitrogens with two attached hydrogens (primary N) is 1. The number of aliphatic hydroxyl groups is 1. The third-order valence-corrected chi connectivity index (χ3v) is 10.0. The van der Waals surface area contributed by atoms with Crippen LogP contribution in [0.5, 0.6) is 5.75 Å². The lowest BCUT2D eigenvalue weighted by molar-refractivity contribution is -0.120. The molecule has 0 aromatic heterocycles. The van der Waals surface area contributed by atoms with Crippen molar-refractivity contribution in [1.82, 2.24) is 16.0 Å². The quantitative estimate of drug-likeness (QED) is 0.0752. The maximum absolute atomic E-state index is 14.0. The molecule has 14 nitrogen and oxygen atoms in total. The summed E-state index contributed by atoms with van der Waals surface area (Å²) in [4.78, 5) is 64.9. The van der Waals surface area contributed by atoms with Gasteiger partial charge in [0.2, 0.25) is 17.5 Å². The number of rotatable bonds is 14. The van der Waals surface area contributed by atoms with Crippen molar-refractivity contribution in [2.45, 2.75) is 90.6 Å². The Morgan fingerprint density at radius 1 is 0.983 bits per heavy atom. The molecule has 1 aliphatic heterocycles. The maximum atomic E-state index is 14.0. The van der Waals surface area contributed by atoms with E-state index < -0.39 is 53.9 Å². The van der Waals surface area contributed by atoms with Crippen molar-refractivity contribution in [3.63, 3.8) is 0 Å². The lowest BCUT2D eigenvalue weighted by Gasteiger charge is -2.30. The number of benzene rings is 1. The second-order valence-corrected chi connectivity index (χ2v) is 14.7. The van der Waals surface area contributed by atoms with Gasteiger partial charge in [0, 0.05) is 56.5 Å². The Morgan fingerprint density at radius 3 is 2.31 bits per heavy atom. The second-order valence-electron chi connectivity index (χ2n) is 14.7. The molecule has 0 unspecified atom stereocenters. The van der Waals surface area contributed by atoms with E-state index in [1.54, 1.807) is 52.2 Å². The van der Waals surface area contributed by atoms with Gasteiger partial charge in [-0.05, 0) is 74.8 Å². The summed E-state index contributed by atoms with van der Waals surface area (Å²) >= 11 is 0. The van der Waals surface area contributed by atoms with Crippen LogP contribution in [0.2, 0.25) is 0 Å². The van der Waals surface area contributed by atoms with Crippen LogP contribution >= 0.6 is 0 Å². The molecule has 6 atom stereocenters. The average Bonchev–Trinajstić information content (AvgIpc) is 3.19. The molecule has 2 bridgehead atoms. The first-order chi connectivity index (χ1) is 27.7. The Balaban J connectivity index is 1.73. The van der Waals surface area contributed by atoms with Crippen LogP contribution in [0, 0.1) is 11.8 Å². The van der Waals surface area contributed by atoms with Crippen LogP contribution in [-0.4, -0.2) is 93.4 Å². The number of aliphatic hydroxyl groups excluding tert-OH is 1. The van der Waals surface area contributed by atoms with Crippen molar-refractivity contribution in [2.75, 3.05) is 34.4 Å². The van der Waals surface area contributed by atoms with Crippen molar-refractivity contribution >= 4 is 35.6 Å². The molecule has 1 aliphatic carbocycles. The standard InChI is InChI=1S/C44H60N4O10/c1-27-23-33-39(47-22-11-9-8-10-21-46-38(50)20-17-31-15-18-32(55-5)19-16-31)35(49)26-34(41(33)52)48-43(53)28(2)13-12-14-36(56-6)42(58-44(45)54)30(4)25-29(3)40(51)37(24-27)57-7/h12-20,25-27,29,36-37,40,42,47,51H,8-11,21-24H2,1-7H3,(H2,45,54)(H,46,50)(H,48,53)/b14-12-,20-17+,28-13+,30-25+/t27-,29+,36+,37+,40-,42+/m1/s1. The van der Waals surface area contributed by atoms with Gasteiger partial charge in [-0.15, -0.1) is 0 Å². The highest BCUT2D eigenvalue weighted by molar-refractivity contribution is 6.23. The Labute approximate surface area is 341 Å². The number of unbranched alkanes of at least 4 members (excludes halogenated alkanes) is 3. The Morgan fingerprint density at radius 2 is 1.67 bits per heavy atom. The first kappa shape index (κ1) is 47.1. The van der Waals surface area contributed by atoms with E-state index in [9.17, 15) is 29.1 Å². The third kappa shape index (κ3) is 14.6. The number of amides is 3. The largest absolute Gasteiger partial charge is 0.497 e. The number of carbonyl (C=O) groups excluding carboxylic acids is 5. The van der Waals surface area contributed by atoms with Crippen LogP contribution in [0.15, 0.2) is 88.8 Å². The van der Waals surface area contributed by atoms with E-state index in [1.807, 2.05) is 31.2 Å². The van der Waals surface area contributed by atoms with Crippen LogP contribution in [-0.2, 0) is 33.4 Å². The summed E-state index contributed by atoms with van der Waals surface area (Å²) in [5.74, 6) is -1.65. The van der Waals surface area contributed by atoms with Crippen molar-refractivity contribution < 1.29 is 48.0 Å². The number of fused-ring (bicyclic) bond motifs is 2. The summed E-state index contributed by atoms with van der Waals surface area (Å²) in [5.41, 5.74) is 7.37. The average molecular weight is 805 g/mol. The number of hydrogen-bond donors (Lipinski definition) is 5. The number of ether oxygens (including phenoxy) is 4. The minimum Gasteiger partial charge on any atom is -0.497 e. The second kappa shape index (κ2) is 23.8. The zero-order valence-corrected chi connectivity index (χ0v) is 34.7. The topological polar surface area (TPSA) is 205 Å². The van der Waals surface area contributed by atoms with Gasteiger partial charge in [0.1, 0.15) is 11.9 Å². The predicted molar refractivity (Wildman–Crippen MR) is 221 cm³/mol. The number of ketones is 2. The van der Waals surface area contributed by atoms with Crippen molar-refractivity contribution in [3.05, 3.63) is 94.4 Å². The number of nitrogens with one attached hydrogen (secondary N) is 3. The molecule has 1 aromatic carbocycles. The van der Waals surface area contributed by atoms with Gasteiger partial charge in [-0.3, -0.25) is 19.2 Å². The van der Waals surface area contributed by atoms with E-state index in [0.717, 1.165) is 36.7 Å². The van der Waals surface area contributed by atoms with Gasteiger partial charge in [-0.1, -0.05) is 63.1 Å². The number of Topliss-reactive ketones (excluding diaryl/α,β-unsaturated/α-hetero) is 1. The molecule has 2 aliphatic rings. The van der Waals surface area contributed by atoms with Gasteiger partial charge >= 0.3 is 6.09 Å². The van der Waals surface area contributed by atoms with Gasteiger partial charge in [0.15, 0.2) is 6.10 Å². The fraction of sp³-hybridized carbons (Fsp3) is 0.477. The number of carbonyl (C=O) groups is 5. The summed E-state index contributed by atoms with van der Waals surface area (Å²) in [6, 6.07) is 7.39. The molecule has 58 heavy (non-hydrogen) atoms. The summed E-state index contributed by atoms with van der Waals surface area (Å²) in [5, 5.41) is 20.1. The van der Waals surface area contributed by atoms with E-state index >= 15 is 0 Å². The number of methoxy groups -OCH3 is 3. The molecule has 3 amide bonds. The molecular weight excluding hydrogens is 745 g/mol. The van der Waals surface area contributed by atoms with Gasteiger partial charge < -0.3 is 45.7 Å². The Kier molecular flexibility index (Phi) is 19.3. The van der Waals surface area contributed by atoms with Crippen molar-refractivity contribution in [3.8, 4) is 5.75 Å². The SMILES string of the molecule is COc1ccc(/C=C/C(=O)NCCCCCCNC2=C3C[C@@H](C)C[C@H](OC)[C@H](O)[C@@H](C)/C=C(\C)[C@H](OC(N)=O)[C@@H](OC)/C=C\C=C(/C)C(=O)NC(=CC2=O)C3=O)cc1. The lowest BCUT2D eigenvalue weighted by atomic mass is 9.85. The predicted octanol–water partition coefficient (Wildman–Crippen LogP) is 4.75. The van der Waals surface area contributed by atoms with Gasteiger partial charge in [0.25, 0.3) is 5.91 Å². The van der Waals surface area contributed by atoms with Gasteiger partial charge in [0.05, 0.1) is 30.7 Å². The van der Waals surface area contributed by atoms with Crippen molar-refractivity contribution in [2.24, 2.45) is 17.6 Å². The molecule has 6 N–H and O–H groups in total. The van der Waals surface area contributed by atoms with Crippen molar-refractivity contribution in [1.29, 1.82) is 0 Å². The fourth-order valence-corrected chi connectivity index (χ4v) is 6.75. The normalized spacial score (nSPS) is 26.1. The number of hydrogen-bond acceptors (Lipinski definition) is 11. The minimum absolute atomic E-state index is 0.139. The highest BCUT2D eigenvalue weighted by Crippen LogP contribution is 2.29. The number of primary amides is 1. The van der Waals surface area contributed by atoms with E-state index in [0.29, 0.717) is 31.5 Å². The zero-order valence-electron chi connectivity index (χ0n) is 34.7. The Hall–Kier alpha value is -5.31. The van der Waals surface area contributed by atoms with E-state index in [-0.39, 0.29) is 40.8 Å². The summed E-state index contributed by atoms with van der Waals surface area (Å²) in [6.45, 7) is 7.95. The minimum atomic E-state index is -1.01. The monoisotopic (exact) mass is 804 g/mol. The molecule has 0 radical (unpaired) electrons. The van der Waals surface area contributed by atoms with Gasteiger partial charge in [-0.2, -0.15) is 0 Å². The first-order valence-corrected chi connectivity index (χ1v) is 19.6. The summed E-state index contributed by atoms with van der Waals surface area (Å²) in [7, 11) is 4.52. The third-order valence-electron chi connectivity index (χ3n) is 10.0. The van der Waals surface area contributed by atoms with Crippen LogP contribution in [0.4, 0.5) is 4.79 Å². The van der Waals surface area contributed by atoms with Crippen LogP contribution in [0.3, 0.4) is 0 Å². The van der Waals surface area contributed by atoms with E-state index in [4.69, 9.17) is 24.7 Å².